The van der Waals surface area contributed by atoms with E-state index in [9.17, 15) is 14.7 Å². The molecule has 2 aromatic rings. The molecule has 3 N–H and O–H groups in total. The molecule has 5 heteroatoms. The molecule has 0 spiro atoms. The maximum absolute atomic E-state index is 12.0. The summed E-state index contributed by atoms with van der Waals surface area (Å²) in [7, 11) is 0. The standard InChI is InChI=1S/C15H15NO4/c1-9(15(19)20)8-16-14(18)12-7-6-10-4-2-3-5-11(10)13(12)17/h2-7,9,17H,8H2,1H3,(H,16,18)(H,19,20). The first-order valence-electron chi connectivity index (χ1n) is 6.22. The van der Waals surface area contributed by atoms with Crippen molar-refractivity contribution in [2.24, 2.45) is 5.92 Å². The SMILES string of the molecule is CC(CNC(=O)c1ccc2ccccc2c1O)C(=O)O. The summed E-state index contributed by atoms with van der Waals surface area (Å²) < 4.78 is 0. The molecule has 20 heavy (non-hydrogen) atoms. The third kappa shape index (κ3) is 2.71. The van der Waals surface area contributed by atoms with Gasteiger partial charge in [-0.05, 0) is 11.5 Å². The van der Waals surface area contributed by atoms with Gasteiger partial charge in [0, 0.05) is 11.9 Å². The number of nitrogens with one attached hydrogen (secondary N) is 1. The fourth-order valence-corrected chi connectivity index (χ4v) is 1.87. The van der Waals surface area contributed by atoms with E-state index in [1.807, 2.05) is 12.1 Å². The van der Waals surface area contributed by atoms with E-state index in [0.717, 1.165) is 5.39 Å². The van der Waals surface area contributed by atoms with Gasteiger partial charge < -0.3 is 15.5 Å². The highest BCUT2D eigenvalue weighted by molar-refractivity contribution is 6.03. The van der Waals surface area contributed by atoms with Crippen LogP contribution in [0.4, 0.5) is 0 Å². The lowest BCUT2D eigenvalue weighted by Gasteiger charge is -2.10. The van der Waals surface area contributed by atoms with E-state index in [1.165, 1.54) is 13.0 Å². The summed E-state index contributed by atoms with van der Waals surface area (Å²) in [6.07, 6.45) is 0. The van der Waals surface area contributed by atoms with E-state index in [1.54, 1.807) is 18.2 Å². The van der Waals surface area contributed by atoms with Crippen LogP contribution in [0, 0.1) is 5.92 Å². The van der Waals surface area contributed by atoms with Crippen LogP contribution in [-0.2, 0) is 4.79 Å². The first-order chi connectivity index (χ1) is 9.50. The molecule has 1 atom stereocenters. The van der Waals surface area contributed by atoms with E-state index in [4.69, 9.17) is 5.11 Å². The Bertz CT molecular complexity index is 666. The summed E-state index contributed by atoms with van der Waals surface area (Å²) in [6.45, 7) is 1.52. The highest BCUT2D eigenvalue weighted by atomic mass is 16.4. The maximum Gasteiger partial charge on any atom is 0.308 e. The topological polar surface area (TPSA) is 86.6 Å². The Balaban J connectivity index is 2.22. The fraction of sp³-hybridized carbons (Fsp3) is 0.200. The second-order valence-corrected chi connectivity index (χ2v) is 4.63. The molecule has 104 valence electrons. The quantitative estimate of drug-likeness (QED) is 0.795. The molecule has 0 saturated heterocycles. The van der Waals surface area contributed by atoms with Gasteiger partial charge in [0.25, 0.3) is 5.91 Å². The van der Waals surface area contributed by atoms with Crippen LogP contribution < -0.4 is 5.32 Å². The van der Waals surface area contributed by atoms with Gasteiger partial charge >= 0.3 is 5.97 Å². The van der Waals surface area contributed by atoms with Crippen LogP contribution in [0.5, 0.6) is 5.75 Å². The van der Waals surface area contributed by atoms with E-state index in [0.29, 0.717) is 5.39 Å². The second-order valence-electron chi connectivity index (χ2n) is 4.63. The predicted molar refractivity (Wildman–Crippen MR) is 74.7 cm³/mol. The van der Waals surface area contributed by atoms with Crippen LogP contribution in [0.2, 0.25) is 0 Å². The number of carboxylic acids is 1. The molecule has 0 aromatic heterocycles. The van der Waals surface area contributed by atoms with Gasteiger partial charge in [-0.1, -0.05) is 37.3 Å². The molecule has 0 bridgehead atoms. The molecule has 0 radical (unpaired) electrons. The lowest BCUT2D eigenvalue weighted by molar-refractivity contribution is -0.140. The van der Waals surface area contributed by atoms with Crippen molar-refractivity contribution in [2.45, 2.75) is 6.92 Å². The van der Waals surface area contributed by atoms with Crippen molar-refractivity contribution in [3.8, 4) is 5.75 Å². The van der Waals surface area contributed by atoms with Gasteiger partial charge in [-0.3, -0.25) is 9.59 Å². The molecule has 0 aliphatic carbocycles. The Morgan fingerprint density at radius 3 is 2.60 bits per heavy atom. The lowest BCUT2D eigenvalue weighted by atomic mass is 10.0. The van der Waals surface area contributed by atoms with Crippen molar-refractivity contribution in [3.05, 3.63) is 42.0 Å². The molecule has 0 fully saturated rings. The lowest BCUT2D eigenvalue weighted by Crippen LogP contribution is -2.31. The number of carbonyl (C=O) groups is 2. The molecular weight excluding hydrogens is 258 g/mol. The van der Waals surface area contributed by atoms with E-state index in [-0.39, 0.29) is 17.9 Å². The number of fused-ring (bicyclic) bond motifs is 1. The van der Waals surface area contributed by atoms with Crippen molar-refractivity contribution in [1.82, 2.24) is 5.32 Å². The minimum atomic E-state index is -0.979. The summed E-state index contributed by atoms with van der Waals surface area (Å²) in [5.41, 5.74) is 0.140. The highest BCUT2D eigenvalue weighted by Crippen LogP contribution is 2.28. The smallest absolute Gasteiger partial charge is 0.308 e. The largest absolute Gasteiger partial charge is 0.506 e. The Labute approximate surface area is 115 Å². The van der Waals surface area contributed by atoms with Crippen LogP contribution in [0.25, 0.3) is 10.8 Å². The average molecular weight is 273 g/mol. The van der Waals surface area contributed by atoms with Crippen LogP contribution in [0.1, 0.15) is 17.3 Å². The normalized spacial score (nSPS) is 12.1. The van der Waals surface area contributed by atoms with E-state index in [2.05, 4.69) is 5.32 Å². The molecular formula is C15H15NO4. The maximum atomic E-state index is 12.0. The van der Waals surface area contributed by atoms with Crippen molar-refractivity contribution in [2.75, 3.05) is 6.54 Å². The monoisotopic (exact) mass is 273 g/mol. The van der Waals surface area contributed by atoms with Crippen molar-refractivity contribution >= 4 is 22.6 Å². The number of phenols is 1. The Hall–Kier alpha value is -2.56. The molecule has 1 amide bonds. The fourth-order valence-electron chi connectivity index (χ4n) is 1.87. The summed E-state index contributed by atoms with van der Waals surface area (Å²) >= 11 is 0. The van der Waals surface area contributed by atoms with Crippen LogP contribution in [0.15, 0.2) is 36.4 Å². The average Bonchev–Trinajstić information content (AvgIpc) is 2.45. The first-order valence-corrected chi connectivity index (χ1v) is 6.22. The van der Waals surface area contributed by atoms with Gasteiger partial charge in [-0.2, -0.15) is 0 Å². The van der Waals surface area contributed by atoms with Gasteiger partial charge in [0.1, 0.15) is 5.75 Å². The van der Waals surface area contributed by atoms with E-state index < -0.39 is 17.8 Å². The van der Waals surface area contributed by atoms with E-state index >= 15 is 0 Å². The molecule has 2 rings (SSSR count). The molecule has 2 aromatic carbocycles. The van der Waals surface area contributed by atoms with Gasteiger partial charge in [0.15, 0.2) is 0 Å². The number of rotatable bonds is 4. The molecule has 1 unspecified atom stereocenters. The summed E-state index contributed by atoms with van der Waals surface area (Å²) in [5.74, 6) is -2.24. The first kappa shape index (κ1) is 13.9. The number of carbonyl (C=O) groups excluding carboxylic acids is 1. The number of aliphatic carboxylic acids is 1. The van der Waals surface area contributed by atoms with Gasteiger partial charge in [-0.15, -0.1) is 0 Å². The molecule has 0 aliphatic heterocycles. The zero-order chi connectivity index (χ0) is 14.7. The zero-order valence-electron chi connectivity index (χ0n) is 11.0. The second kappa shape index (κ2) is 5.61. The Kier molecular flexibility index (Phi) is 3.89. The zero-order valence-corrected chi connectivity index (χ0v) is 11.0. The van der Waals surface area contributed by atoms with Gasteiger partial charge in [0.2, 0.25) is 0 Å². The number of benzene rings is 2. The van der Waals surface area contributed by atoms with Crippen molar-refractivity contribution < 1.29 is 19.8 Å². The van der Waals surface area contributed by atoms with Crippen LogP contribution in [0.3, 0.4) is 0 Å². The Morgan fingerprint density at radius 2 is 1.90 bits per heavy atom. The highest BCUT2D eigenvalue weighted by Gasteiger charge is 2.16. The van der Waals surface area contributed by atoms with Gasteiger partial charge in [-0.25, -0.2) is 0 Å². The molecule has 5 nitrogen and oxygen atoms in total. The third-order valence-corrected chi connectivity index (χ3v) is 3.14. The van der Waals surface area contributed by atoms with Crippen LogP contribution in [-0.4, -0.2) is 28.6 Å². The summed E-state index contributed by atoms with van der Waals surface area (Å²) in [5, 5.41) is 22.8. The summed E-state index contributed by atoms with van der Waals surface area (Å²) in [6, 6.07) is 10.4. The number of hydrogen-bond donors (Lipinski definition) is 3. The minimum Gasteiger partial charge on any atom is -0.506 e. The Morgan fingerprint density at radius 1 is 1.20 bits per heavy atom. The molecule has 0 aliphatic rings. The number of aromatic hydroxyl groups is 1. The van der Waals surface area contributed by atoms with Crippen molar-refractivity contribution in [1.29, 1.82) is 0 Å². The van der Waals surface area contributed by atoms with Crippen LogP contribution >= 0.6 is 0 Å². The van der Waals surface area contributed by atoms with Gasteiger partial charge in [0.05, 0.1) is 11.5 Å². The number of amides is 1. The number of carboxylic acid groups (broad SMARTS) is 1. The summed E-state index contributed by atoms with van der Waals surface area (Å²) in [4.78, 5) is 22.7. The minimum absolute atomic E-state index is 0.0143. The predicted octanol–water partition coefficient (Wildman–Crippen LogP) is 2.00. The molecule has 0 heterocycles. The number of hydrogen-bond acceptors (Lipinski definition) is 3. The third-order valence-electron chi connectivity index (χ3n) is 3.14. The molecule has 0 saturated carbocycles. The number of phenolic OH excluding ortho intramolecular Hbond substituents is 1. The van der Waals surface area contributed by atoms with Crippen molar-refractivity contribution in [3.63, 3.8) is 0 Å².